The van der Waals surface area contributed by atoms with Crippen LogP contribution in [0.2, 0.25) is 5.02 Å². The van der Waals surface area contributed by atoms with Crippen molar-refractivity contribution in [3.63, 3.8) is 0 Å². The number of hydrogen-bond acceptors (Lipinski definition) is 4. The first-order chi connectivity index (χ1) is 11.5. The van der Waals surface area contributed by atoms with Gasteiger partial charge >= 0.3 is 5.97 Å². The largest absolute Gasteiger partial charge is 0.481 e. The van der Waals surface area contributed by atoms with Crippen LogP contribution in [0.3, 0.4) is 0 Å². The monoisotopic (exact) mass is 361 g/mol. The molecule has 0 saturated carbocycles. The summed E-state index contributed by atoms with van der Waals surface area (Å²) in [5.74, 6) is 5.46. The number of ether oxygens (including phenoxy) is 1. The quantitative estimate of drug-likeness (QED) is 0.617. The summed E-state index contributed by atoms with van der Waals surface area (Å²) < 4.78 is 8.42. The predicted octanol–water partition coefficient (Wildman–Crippen LogP) is 4.20. The van der Waals surface area contributed by atoms with Crippen molar-refractivity contribution in [1.29, 1.82) is 0 Å². The SMILES string of the molecule is CSNc1ccc(C)c(C#Cc2cc(Cl)ccc2OCC(=O)O)c1. The summed E-state index contributed by atoms with van der Waals surface area (Å²) in [6.45, 7) is 1.55. The fourth-order valence-corrected chi connectivity index (χ4v) is 2.47. The predicted molar refractivity (Wildman–Crippen MR) is 98.9 cm³/mol. The van der Waals surface area contributed by atoms with Crippen LogP contribution in [0.4, 0.5) is 5.69 Å². The summed E-state index contributed by atoms with van der Waals surface area (Å²) in [4.78, 5) is 10.7. The van der Waals surface area contributed by atoms with Gasteiger partial charge in [-0.3, -0.25) is 0 Å². The molecular formula is C18H16ClNO3S. The molecule has 0 unspecified atom stereocenters. The summed E-state index contributed by atoms with van der Waals surface area (Å²) >= 11 is 7.51. The molecule has 2 rings (SSSR count). The van der Waals surface area contributed by atoms with Crippen molar-refractivity contribution in [2.75, 3.05) is 17.6 Å². The second kappa shape index (κ2) is 8.53. The third kappa shape index (κ3) is 5.12. The summed E-state index contributed by atoms with van der Waals surface area (Å²) in [5.41, 5.74) is 3.43. The summed E-state index contributed by atoms with van der Waals surface area (Å²) in [5, 5.41) is 9.26. The summed E-state index contributed by atoms with van der Waals surface area (Å²) in [6.07, 6.45) is 1.95. The molecule has 0 fully saturated rings. The van der Waals surface area contributed by atoms with Crippen LogP contribution >= 0.6 is 23.5 Å². The van der Waals surface area contributed by atoms with Crippen molar-refractivity contribution < 1.29 is 14.6 Å². The first-order valence-corrected chi connectivity index (χ1v) is 8.65. The topological polar surface area (TPSA) is 58.6 Å². The zero-order valence-electron chi connectivity index (χ0n) is 13.2. The lowest BCUT2D eigenvalue weighted by molar-refractivity contribution is -0.139. The van der Waals surface area contributed by atoms with Gasteiger partial charge in [0.25, 0.3) is 0 Å². The highest BCUT2D eigenvalue weighted by Gasteiger charge is 2.05. The van der Waals surface area contributed by atoms with Crippen LogP contribution in [-0.2, 0) is 4.79 Å². The number of carbonyl (C=O) groups is 1. The Kier molecular flexibility index (Phi) is 6.42. The van der Waals surface area contributed by atoms with E-state index >= 15 is 0 Å². The maximum absolute atomic E-state index is 10.7. The molecule has 0 saturated heterocycles. The Balaban J connectivity index is 2.34. The van der Waals surface area contributed by atoms with Gasteiger partial charge in [-0.2, -0.15) is 0 Å². The number of halogens is 1. The second-order valence-electron chi connectivity index (χ2n) is 4.91. The minimum atomic E-state index is -1.05. The van der Waals surface area contributed by atoms with E-state index in [9.17, 15) is 4.79 Å². The molecule has 4 nitrogen and oxygen atoms in total. The van der Waals surface area contributed by atoms with E-state index in [4.69, 9.17) is 21.4 Å². The van der Waals surface area contributed by atoms with Crippen molar-refractivity contribution in [2.45, 2.75) is 6.92 Å². The van der Waals surface area contributed by atoms with E-state index in [2.05, 4.69) is 16.6 Å². The number of carboxylic acids is 1. The molecule has 0 aliphatic rings. The standard InChI is InChI=1S/C18H16ClNO3S/c1-12-3-7-16(20-24-2)10-13(12)4-5-14-9-15(19)6-8-17(14)23-11-18(21)22/h3,6-10,20H,11H2,1-2H3,(H,21,22). The first-order valence-electron chi connectivity index (χ1n) is 7.05. The van der Waals surface area contributed by atoms with Crippen LogP contribution < -0.4 is 9.46 Å². The van der Waals surface area contributed by atoms with E-state index in [0.29, 0.717) is 16.3 Å². The maximum Gasteiger partial charge on any atom is 0.341 e. The molecule has 0 atom stereocenters. The third-order valence-corrected chi connectivity index (χ3v) is 3.76. The summed E-state index contributed by atoms with van der Waals surface area (Å²) in [6, 6.07) is 10.8. The molecular weight excluding hydrogens is 346 g/mol. The molecule has 6 heteroatoms. The van der Waals surface area contributed by atoms with Gasteiger partial charge in [-0.15, -0.1) is 0 Å². The van der Waals surface area contributed by atoms with Gasteiger partial charge in [0.1, 0.15) is 5.75 Å². The fraction of sp³-hybridized carbons (Fsp3) is 0.167. The fourth-order valence-electron chi connectivity index (χ4n) is 1.94. The Bertz CT molecular complexity index is 812. The minimum absolute atomic E-state index is 0.394. The molecule has 0 amide bonds. The van der Waals surface area contributed by atoms with Crippen LogP contribution in [0.1, 0.15) is 16.7 Å². The molecule has 0 spiro atoms. The van der Waals surface area contributed by atoms with Gasteiger partial charge in [-0.05, 0) is 42.8 Å². The summed E-state index contributed by atoms with van der Waals surface area (Å²) in [7, 11) is 0. The highest BCUT2D eigenvalue weighted by Crippen LogP contribution is 2.23. The number of benzene rings is 2. The van der Waals surface area contributed by atoms with E-state index in [1.807, 2.05) is 31.4 Å². The Morgan fingerprint density at radius 2 is 2.00 bits per heavy atom. The van der Waals surface area contributed by atoms with Crippen molar-refractivity contribution >= 4 is 35.2 Å². The Morgan fingerprint density at radius 3 is 2.71 bits per heavy atom. The molecule has 24 heavy (non-hydrogen) atoms. The average Bonchev–Trinajstić information content (AvgIpc) is 2.54. The van der Waals surface area contributed by atoms with Gasteiger partial charge in [0, 0.05) is 22.5 Å². The van der Waals surface area contributed by atoms with Crippen molar-refractivity contribution in [3.8, 4) is 17.6 Å². The van der Waals surface area contributed by atoms with Crippen molar-refractivity contribution in [2.24, 2.45) is 0 Å². The van der Waals surface area contributed by atoms with E-state index in [-0.39, 0.29) is 0 Å². The molecule has 2 N–H and O–H groups in total. The van der Waals surface area contributed by atoms with E-state index < -0.39 is 12.6 Å². The molecule has 124 valence electrons. The molecule has 0 radical (unpaired) electrons. The van der Waals surface area contributed by atoms with Crippen LogP contribution in [-0.4, -0.2) is 23.9 Å². The smallest absolute Gasteiger partial charge is 0.341 e. The number of anilines is 1. The lowest BCUT2D eigenvalue weighted by Gasteiger charge is -2.07. The third-order valence-electron chi connectivity index (χ3n) is 3.08. The highest BCUT2D eigenvalue weighted by atomic mass is 35.5. The zero-order chi connectivity index (χ0) is 17.5. The van der Waals surface area contributed by atoms with E-state index in [0.717, 1.165) is 16.8 Å². The van der Waals surface area contributed by atoms with Gasteiger partial charge in [0.15, 0.2) is 6.61 Å². The number of aryl methyl sites for hydroxylation is 1. The molecule has 0 aliphatic carbocycles. The highest BCUT2D eigenvalue weighted by molar-refractivity contribution is 7.99. The van der Waals surface area contributed by atoms with Crippen molar-refractivity contribution in [3.05, 3.63) is 58.1 Å². The molecule has 0 aliphatic heterocycles. The Hall–Kier alpha value is -2.29. The number of rotatable bonds is 5. The van der Waals surface area contributed by atoms with Crippen LogP contribution in [0.25, 0.3) is 0 Å². The van der Waals surface area contributed by atoms with Crippen LogP contribution in [0, 0.1) is 18.8 Å². The number of nitrogens with one attached hydrogen (secondary N) is 1. The van der Waals surface area contributed by atoms with Gasteiger partial charge in [0.2, 0.25) is 0 Å². The molecule has 0 bridgehead atoms. The first kappa shape index (κ1) is 18.1. The minimum Gasteiger partial charge on any atom is -0.481 e. The van der Waals surface area contributed by atoms with Gasteiger partial charge in [-0.25, -0.2) is 4.79 Å². The molecule has 2 aromatic carbocycles. The van der Waals surface area contributed by atoms with E-state index in [1.54, 1.807) is 18.2 Å². The Labute approximate surface area is 150 Å². The second-order valence-corrected chi connectivity index (χ2v) is 5.96. The maximum atomic E-state index is 10.7. The Morgan fingerprint density at radius 1 is 1.25 bits per heavy atom. The van der Waals surface area contributed by atoms with Gasteiger partial charge in [-0.1, -0.05) is 41.5 Å². The lowest BCUT2D eigenvalue weighted by atomic mass is 10.1. The molecule has 0 aromatic heterocycles. The number of aliphatic carboxylic acids is 1. The van der Waals surface area contributed by atoms with Crippen LogP contribution in [0.15, 0.2) is 36.4 Å². The zero-order valence-corrected chi connectivity index (χ0v) is 14.8. The number of carboxylic acid groups (broad SMARTS) is 1. The molecule has 0 heterocycles. The average molecular weight is 362 g/mol. The lowest BCUT2D eigenvalue weighted by Crippen LogP contribution is -2.10. The van der Waals surface area contributed by atoms with Gasteiger partial charge in [0.05, 0.1) is 5.56 Å². The van der Waals surface area contributed by atoms with Crippen molar-refractivity contribution in [1.82, 2.24) is 0 Å². The van der Waals surface area contributed by atoms with Gasteiger partial charge < -0.3 is 14.6 Å². The van der Waals surface area contributed by atoms with E-state index in [1.165, 1.54) is 11.9 Å². The normalized spacial score (nSPS) is 9.79. The molecule has 2 aromatic rings. The van der Waals surface area contributed by atoms with Crippen LogP contribution in [0.5, 0.6) is 5.75 Å². The number of hydrogen-bond donors (Lipinski definition) is 2.